The van der Waals surface area contributed by atoms with Gasteiger partial charge in [0.2, 0.25) is 10.0 Å². The average Bonchev–Trinajstić information content (AvgIpc) is 3.04. The summed E-state index contributed by atoms with van der Waals surface area (Å²) in [5.74, 6) is 0.252. The first-order valence-corrected chi connectivity index (χ1v) is 8.80. The summed E-state index contributed by atoms with van der Waals surface area (Å²) < 4.78 is 30.4. The van der Waals surface area contributed by atoms with Crippen molar-refractivity contribution in [2.75, 3.05) is 14.1 Å². The minimum atomic E-state index is -3.46. The first-order valence-electron chi connectivity index (χ1n) is 7.36. The number of nitrogens with one attached hydrogen (secondary N) is 1. The van der Waals surface area contributed by atoms with E-state index in [9.17, 15) is 13.2 Å². The van der Waals surface area contributed by atoms with E-state index in [2.05, 4.69) is 5.32 Å². The fourth-order valence-electron chi connectivity index (χ4n) is 2.11. The second-order valence-corrected chi connectivity index (χ2v) is 7.71. The van der Waals surface area contributed by atoms with Crippen LogP contribution < -0.4 is 11.1 Å². The minimum Gasteiger partial charge on any atom is -0.467 e. The highest BCUT2D eigenvalue weighted by Crippen LogP contribution is 2.19. The number of furan rings is 1. The van der Waals surface area contributed by atoms with E-state index >= 15 is 0 Å². The minimum absolute atomic E-state index is 0.206. The Labute approximate surface area is 141 Å². The van der Waals surface area contributed by atoms with Crippen LogP contribution in [-0.4, -0.2) is 32.7 Å². The topological polar surface area (TPSA) is 106 Å². The molecule has 1 amide bonds. The molecule has 0 fully saturated rings. The summed E-state index contributed by atoms with van der Waals surface area (Å²) >= 11 is 0. The highest BCUT2D eigenvalue weighted by atomic mass is 32.2. The van der Waals surface area contributed by atoms with E-state index in [0.29, 0.717) is 11.3 Å². The summed E-state index contributed by atoms with van der Waals surface area (Å²) in [7, 11) is -0.506. The van der Waals surface area contributed by atoms with E-state index in [1.54, 1.807) is 18.2 Å². The van der Waals surface area contributed by atoms with Crippen LogP contribution in [0.1, 0.15) is 34.6 Å². The maximum absolute atomic E-state index is 12.2. The van der Waals surface area contributed by atoms with Gasteiger partial charge in [-0.3, -0.25) is 4.79 Å². The Hall–Kier alpha value is -2.16. The van der Waals surface area contributed by atoms with Crippen LogP contribution >= 0.6 is 0 Å². The van der Waals surface area contributed by atoms with Gasteiger partial charge in [0.25, 0.3) is 5.91 Å². The predicted octanol–water partition coefficient (Wildman–Crippen LogP) is 1.48. The van der Waals surface area contributed by atoms with Crippen molar-refractivity contribution in [3.63, 3.8) is 0 Å². The maximum atomic E-state index is 12.2. The Morgan fingerprint density at radius 1 is 1.29 bits per heavy atom. The molecule has 7 nitrogen and oxygen atoms in total. The van der Waals surface area contributed by atoms with E-state index in [0.717, 1.165) is 9.87 Å². The van der Waals surface area contributed by atoms with Gasteiger partial charge in [-0.2, -0.15) is 0 Å². The Kier molecular flexibility index (Phi) is 5.43. The third-order valence-electron chi connectivity index (χ3n) is 3.62. The van der Waals surface area contributed by atoms with Crippen LogP contribution in [0.3, 0.4) is 0 Å². The number of amides is 1. The number of sulfonamides is 1. The van der Waals surface area contributed by atoms with Crippen LogP contribution in [-0.2, 0) is 16.6 Å². The smallest absolute Gasteiger partial charge is 0.255 e. The van der Waals surface area contributed by atoms with Crippen LogP contribution in [0.5, 0.6) is 0 Å². The van der Waals surface area contributed by atoms with E-state index in [1.165, 1.54) is 32.5 Å². The van der Waals surface area contributed by atoms with Crippen molar-refractivity contribution in [1.82, 2.24) is 9.62 Å². The van der Waals surface area contributed by atoms with Gasteiger partial charge in [-0.25, -0.2) is 12.7 Å². The zero-order chi connectivity index (χ0) is 17.9. The molecule has 0 saturated heterocycles. The lowest BCUT2D eigenvalue weighted by molar-refractivity contribution is 0.0939. The molecule has 24 heavy (non-hydrogen) atoms. The highest BCUT2D eigenvalue weighted by Gasteiger charge is 2.18. The van der Waals surface area contributed by atoms with Gasteiger partial charge in [0, 0.05) is 14.1 Å². The molecule has 0 spiro atoms. The van der Waals surface area contributed by atoms with Crippen molar-refractivity contribution in [2.45, 2.75) is 24.4 Å². The van der Waals surface area contributed by atoms with Crippen molar-refractivity contribution in [3.05, 3.63) is 53.5 Å². The van der Waals surface area contributed by atoms with Gasteiger partial charge in [0.15, 0.2) is 0 Å². The monoisotopic (exact) mass is 351 g/mol. The molecular formula is C16H21N3O4S. The van der Waals surface area contributed by atoms with E-state index in [4.69, 9.17) is 10.2 Å². The van der Waals surface area contributed by atoms with E-state index in [1.807, 2.05) is 6.92 Å². The number of nitrogens with zero attached hydrogens (tertiary/aromatic N) is 1. The highest BCUT2D eigenvalue weighted by molar-refractivity contribution is 7.89. The normalized spacial score (nSPS) is 13.0. The summed E-state index contributed by atoms with van der Waals surface area (Å²) in [5.41, 5.74) is 6.64. The molecule has 1 atom stereocenters. The van der Waals surface area contributed by atoms with Gasteiger partial charge in [-0.15, -0.1) is 0 Å². The lowest BCUT2D eigenvalue weighted by atomic mass is 10.1. The summed E-state index contributed by atoms with van der Waals surface area (Å²) in [6.45, 7) is 2.04. The Balaban J connectivity index is 2.10. The van der Waals surface area contributed by atoms with Crippen LogP contribution in [0.15, 0.2) is 45.9 Å². The average molecular weight is 351 g/mol. The van der Waals surface area contributed by atoms with E-state index < -0.39 is 10.0 Å². The standard InChI is InChI=1S/C16H21N3O4S/c1-11(18-16(20)13-8-14(9-17)23-10-13)12-4-6-15(7-5-12)24(21,22)19(2)3/h4-8,10-11H,9,17H2,1-3H3,(H,18,20). The van der Waals surface area contributed by atoms with Gasteiger partial charge in [0.1, 0.15) is 12.0 Å². The molecule has 1 unspecified atom stereocenters. The fraction of sp³-hybridized carbons (Fsp3) is 0.312. The van der Waals surface area contributed by atoms with Crippen molar-refractivity contribution < 1.29 is 17.6 Å². The second kappa shape index (κ2) is 7.16. The van der Waals surface area contributed by atoms with Crippen LogP contribution in [0.2, 0.25) is 0 Å². The summed E-state index contributed by atoms with van der Waals surface area (Å²) in [4.78, 5) is 12.4. The molecule has 1 aromatic carbocycles. The molecule has 0 aliphatic heterocycles. The Bertz CT molecular complexity index is 810. The summed E-state index contributed by atoms with van der Waals surface area (Å²) in [6, 6.07) is 7.72. The van der Waals surface area contributed by atoms with Gasteiger partial charge < -0.3 is 15.5 Å². The third-order valence-corrected chi connectivity index (χ3v) is 5.45. The number of carbonyl (C=O) groups is 1. The molecular weight excluding hydrogens is 330 g/mol. The van der Waals surface area contributed by atoms with Crippen molar-refractivity contribution in [3.8, 4) is 0 Å². The largest absolute Gasteiger partial charge is 0.467 e. The number of rotatable bonds is 6. The molecule has 0 saturated carbocycles. The third kappa shape index (κ3) is 3.84. The van der Waals surface area contributed by atoms with Gasteiger partial charge in [-0.05, 0) is 30.7 Å². The number of nitrogens with two attached hydrogens (primary N) is 1. The van der Waals surface area contributed by atoms with Crippen molar-refractivity contribution >= 4 is 15.9 Å². The first kappa shape index (κ1) is 18.2. The molecule has 1 aromatic heterocycles. The number of carbonyl (C=O) groups excluding carboxylic acids is 1. The lowest BCUT2D eigenvalue weighted by Crippen LogP contribution is -2.26. The molecule has 0 bridgehead atoms. The lowest BCUT2D eigenvalue weighted by Gasteiger charge is -2.15. The molecule has 1 heterocycles. The Morgan fingerprint density at radius 2 is 1.92 bits per heavy atom. The van der Waals surface area contributed by atoms with Gasteiger partial charge >= 0.3 is 0 Å². The quantitative estimate of drug-likeness (QED) is 0.820. The molecule has 8 heteroatoms. The fourth-order valence-corrected chi connectivity index (χ4v) is 3.01. The van der Waals surface area contributed by atoms with Crippen molar-refractivity contribution in [2.24, 2.45) is 5.73 Å². The first-order chi connectivity index (χ1) is 11.3. The predicted molar refractivity (Wildman–Crippen MR) is 89.8 cm³/mol. The molecule has 3 N–H and O–H groups in total. The molecule has 0 aliphatic carbocycles. The Morgan fingerprint density at radius 3 is 2.42 bits per heavy atom. The van der Waals surface area contributed by atoms with Crippen molar-refractivity contribution in [1.29, 1.82) is 0 Å². The van der Waals surface area contributed by atoms with E-state index in [-0.39, 0.29) is 23.4 Å². The summed E-state index contributed by atoms with van der Waals surface area (Å²) in [6.07, 6.45) is 1.36. The van der Waals surface area contributed by atoms with Crippen LogP contribution in [0.25, 0.3) is 0 Å². The second-order valence-electron chi connectivity index (χ2n) is 5.56. The SMILES string of the molecule is CC(NC(=O)c1coc(CN)c1)c1ccc(S(=O)(=O)N(C)C)cc1. The zero-order valence-corrected chi connectivity index (χ0v) is 14.6. The molecule has 2 rings (SSSR count). The zero-order valence-electron chi connectivity index (χ0n) is 13.8. The number of hydrogen-bond acceptors (Lipinski definition) is 5. The molecule has 2 aromatic rings. The van der Waals surface area contributed by atoms with Crippen LogP contribution in [0, 0.1) is 0 Å². The molecule has 0 radical (unpaired) electrons. The van der Waals surface area contributed by atoms with Crippen LogP contribution in [0.4, 0.5) is 0 Å². The number of benzene rings is 1. The number of hydrogen-bond donors (Lipinski definition) is 2. The molecule has 130 valence electrons. The molecule has 0 aliphatic rings. The van der Waals surface area contributed by atoms with Gasteiger partial charge in [-0.1, -0.05) is 12.1 Å². The summed E-state index contributed by atoms with van der Waals surface area (Å²) in [5, 5.41) is 2.83. The maximum Gasteiger partial charge on any atom is 0.255 e. The van der Waals surface area contributed by atoms with Gasteiger partial charge in [0.05, 0.1) is 23.0 Å².